The van der Waals surface area contributed by atoms with E-state index in [0.717, 1.165) is 6.42 Å². The number of nitrogens with one attached hydrogen (secondary N) is 2. The number of hydrogen-bond acceptors (Lipinski definition) is 3. The third kappa shape index (κ3) is 6.06. The Morgan fingerprint density at radius 2 is 1.87 bits per heavy atom. The highest BCUT2D eigenvalue weighted by atomic mass is 16.2. The van der Waals surface area contributed by atoms with Crippen molar-refractivity contribution in [3.05, 3.63) is 0 Å². The van der Waals surface area contributed by atoms with Gasteiger partial charge < -0.3 is 16.4 Å². The van der Waals surface area contributed by atoms with Crippen LogP contribution in [-0.2, 0) is 9.59 Å². The Balaban J connectivity index is 3.78. The maximum atomic E-state index is 11.3. The van der Waals surface area contributed by atoms with Gasteiger partial charge in [-0.2, -0.15) is 0 Å². The summed E-state index contributed by atoms with van der Waals surface area (Å²) in [5, 5.41) is 5.23. The molecular formula is C10H21N3O2. The lowest BCUT2D eigenvalue weighted by Gasteiger charge is -2.19. The van der Waals surface area contributed by atoms with E-state index in [9.17, 15) is 9.59 Å². The summed E-state index contributed by atoms with van der Waals surface area (Å²) in [6, 6.07) is 0.122. The molecular weight excluding hydrogens is 194 g/mol. The first-order valence-corrected chi connectivity index (χ1v) is 5.27. The molecule has 88 valence electrons. The lowest BCUT2D eigenvalue weighted by molar-refractivity contribution is -0.125. The first-order valence-electron chi connectivity index (χ1n) is 5.27. The fourth-order valence-electron chi connectivity index (χ4n) is 1.05. The van der Waals surface area contributed by atoms with Gasteiger partial charge in [-0.15, -0.1) is 0 Å². The van der Waals surface area contributed by atoms with Crippen molar-refractivity contribution < 1.29 is 9.59 Å². The van der Waals surface area contributed by atoms with Crippen LogP contribution in [0.4, 0.5) is 0 Å². The minimum absolute atomic E-state index is 0.00317. The lowest BCUT2D eigenvalue weighted by Crippen LogP contribution is -2.44. The van der Waals surface area contributed by atoms with E-state index in [4.69, 9.17) is 5.73 Å². The molecule has 0 saturated heterocycles. The third-order valence-electron chi connectivity index (χ3n) is 2.52. The van der Waals surface area contributed by atoms with Crippen molar-refractivity contribution >= 4 is 11.8 Å². The highest BCUT2D eigenvalue weighted by Crippen LogP contribution is 2.05. The normalized spacial score (nSPS) is 14.1. The number of carbonyl (C=O) groups excluding carboxylic acids is 2. The fourth-order valence-corrected chi connectivity index (χ4v) is 1.05. The SMILES string of the molecule is CCC(C)C(C)NC(=O)CNC(=O)CN. The van der Waals surface area contributed by atoms with Crippen molar-refractivity contribution in [1.29, 1.82) is 0 Å². The molecule has 0 aliphatic rings. The first-order chi connectivity index (χ1) is 7.01. The zero-order valence-corrected chi connectivity index (χ0v) is 9.67. The van der Waals surface area contributed by atoms with Crippen LogP contribution in [0.25, 0.3) is 0 Å². The number of amides is 2. The molecule has 0 aliphatic carbocycles. The van der Waals surface area contributed by atoms with Crippen LogP contribution in [0.5, 0.6) is 0 Å². The molecule has 2 amide bonds. The molecule has 15 heavy (non-hydrogen) atoms. The van der Waals surface area contributed by atoms with Gasteiger partial charge in [0.2, 0.25) is 11.8 Å². The van der Waals surface area contributed by atoms with Gasteiger partial charge >= 0.3 is 0 Å². The maximum absolute atomic E-state index is 11.3. The summed E-state index contributed by atoms with van der Waals surface area (Å²) in [4.78, 5) is 22.1. The van der Waals surface area contributed by atoms with E-state index in [1.54, 1.807) is 0 Å². The summed E-state index contributed by atoms with van der Waals surface area (Å²) in [5.74, 6) is -0.0647. The molecule has 2 unspecified atom stereocenters. The Labute approximate surface area is 90.8 Å². The average molecular weight is 215 g/mol. The second-order valence-corrected chi connectivity index (χ2v) is 3.72. The van der Waals surface area contributed by atoms with Gasteiger partial charge in [0.25, 0.3) is 0 Å². The number of nitrogens with two attached hydrogens (primary N) is 1. The van der Waals surface area contributed by atoms with Crippen molar-refractivity contribution in [3.63, 3.8) is 0 Å². The van der Waals surface area contributed by atoms with E-state index < -0.39 is 0 Å². The third-order valence-corrected chi connectivity index (χ3v) is 2.52. The Hall–Kier alpha value is -1.10. The van der Waals surface area contributed by atoms with Crippen LogP contribution >= 0.6 is 0 Å². The highest BCUT2D eigenvalue weighted by molar-refractivity contribution is 5.85. The highest BCUT2D eigenvalue weighted by Gasteiger charge is 2.13. The molecule has 0 fully saturated rings. The maximum Gasteiger partial charge on any atom is 0.239 e. The van der Waals surface area contributed by atoms with Crippen LogP contribution in [0.2, 0.25) is 0 Å². The summed E-state index contributed by atoms with van der Waals surface area (Å²) in [6.07, 6.45) is 1.01. The quantitative estimate of drug-likeness (QED) is 0.564. The zero-order valence-electron chi connectivity index (χ0n) is 9.67. The van der Waals surface area contributed by atoms with E-state index >= 15 is 0 Å². The predicted molar refractivity (Wildman–Crippen MR) is 59.1 cm³/mol. The number of hydrogen-bond donors (Lipinski definition) is 3. The van der Waals surface area contributed by atoms with Crippen LogP contribution in [0.15, 0.2) is 0 Å². The molecule has 5 nitrogen and oxygen atoms in total. The number of rotatable bonds is 6. The molecule has 4 N–H and O–H groups in total. The van der Waals surface area contributed by atoms with E-state index in [2.05, 4.69) is 24.5 Å². The van der Waals surface area contributed by atoms with E-state index in [1.807, 2.05) is 6.92 Å². The molecule has 0 aromatic carbocycles. The largest absolute Gasteiger partial charge is 0.352 e. The van der Waals surface area contributed by atoms with Crippen molar-refractivity contribution in [1.82, 2.24) is 10.6 Å². The van der Waals surface area contributed by atoms with Crippen LogP contribution in [0.1, 0.15) is 27.2 Å². The van der Waals surface area contributed by atoms with Gasteiger partial charge in [0.05, 0.1) is 13.1 Å². The molecule has 0 heterocycles. The minimum Gasteiger partial charge on any atom is -0.352 e. The summed E-state index contributed by atoms with van der Waals surface area (Å²) < 4.78 is 0. The van der Waals surface area contributed by atoms with Crippen molar-refractivity contribution in [3.8, 4) is 0 Å². The van der Waals surface area contributed by atoms with Gasteiger partial charge in [0.15, 0.2) is 0 Å². The second-order valence-electron chi connectivity index (χ2n) is 3.72. The zero-order chi connectivity index (χ0) is 11.8. The van der Waals surface area contributed by atoms with E-state index in [-0.39, 0.29) is 30.9 Å². The molecule has 0 saturated carbocycles. The van der Waals surface area contributed by atoms with Crippen LogP contribution in [0, 0.1) is 5.92 Å². The second kappa shape index (κ2) is 7.23. The number of carbonyl (C=O) groups is 2. The molecule has 0 radical (unpaired) electrons. The lowest BCUT2D eigenvalue weighted by atomic mass is 10.0. The molecule has 0 aliphatic heterocycles. The average Bonchev–Trinajstić information content (AvgIpc) is 2.24. The molecule has 2 atom stereocenters. The van der Waals surface area contributed by atoms with Gasteiger partial charge in [-0.1, -0.05) is 20.3 Å². The van der Waals surface area contributed by atoms with Gasteiger partial charge in [-0.05, 0) is 12.8 Å². The minimum atomic E-state index is -0.318. The predicted octanol–water partition coefficient (Wildman–Crippen LogP) is -0.388. The fraction of sp³-hybridized carbons (Fsp3) is 0.800. The van der Waals surface area contributed by atoms with Gasteiger partial charge in [-0.25, -0.2) is 0 Å². The molecule has 0 bridgehead atoms. The standard InChI is InChI=1S/C10H21N3O2/c1-4-7(2)8(3)13-10(15)6-12-9(14)5-11/h7-8H,4-6,11H2,1-3H3,(H,12,14)(H,13,15). The molecule has 0 aromatic rings. The first kappa shape index (κ1) is 13.9. The van der Waals surface area contributed by atoms with Crippen LogP contribution in [0.3, 0.4) is 0 Å². The van der Waals surface area contributed by atoms with Gasteiger partial charge in [0.1, 0.15) is 0 Å². The van der Waals surface area contributed by atoms with Crippen LogP contribution in [-0.4, -0.2) is 30.9 Å². The summed E-state index contributed by atoms with van der Waals surface area (Å²) in [5.41, 5.74) is 5.09. The van der Waals surface area contributed by atoms with Crippen molar-refractivity contribution in [2.24, 2.45) is 11.7 Å². The molecule has 0 rings (SSSR count). The van der Waals surface area contributed by atoms with Gasteiger partial charge in [0, 0.05) is 6.04 Å². The Morgan fingerprint density at radius 3 is 2.33 bits per heavy atom. The van der Waals surface area contributed by atoms with E-state index in [0.29, 0.717) is 5.92 Å². The van der Waals surface area contributed by atoms with E-state index in [1.165, 1.54) is 0 Å². The van der Waals surface area contributed by atoms with Crippen LogP contribution < -0.4 is 16.4 Å². The Morgan fingerprint density at radius 1 is 1.27 bits per heavy atom. The monoisotopic (exact) mass is 215 g/mol. The topological polar surface area (TPSA) is 84.2 Å². The Kier molecular flexibility index (Phi) is 6.70. The smallest absolute Gasteiger partial charge is 0.239 e. The summed E-state index contributed by atoms with van der Waals surface area (Å²) in [6.45, 7) is 6.01. The van der Waals surface area contributed by atoms with Gasteiger partial charge in [-0.3, -0.25) is 9.59 Å². The van der Waals surface area contributed by atoms with Crippen molar-refractivity contribution in [2.75, 3.05) is 13.1 Å². The van der Waals surface area contributed by atoms with Crippen molar-refractivity contribution in [2.45, 2.75) is 33.2 Å². The summed E-state index contributed by atoms with van der Waals surface area (Å²) >= 11 is 0. The molecule has 5 heteroatoms. The molecule has 0 aromatic heterocycles. The molecule has 0 spiro atoms. The Bertz CT molecular complexity index is 219. The summed E-state index contributed by atoms with van der Waals surface area (Å²) in [7, 11) is 0.